The standard InChI is InChI=1S/C4H4O4.CH2O2/c5-2-1-3(6)8-4(2)7;2-1-3/h2,5H,1H2;1H,(H,2,3). The maximum atomic E-state index is 10.1. The van der Waals surface area contributed by atoms with Gasteiger partial charge in [-0.05, 0) is 0 Å². The summed E-state index contributed by atoms with van der Waals surface area (Å²) >= 11 is 0. The quantitative estimate of drug-likeness (QED) is 0.256. The third kappa shape index (κ3) is 3.31. The van der Waals surface area contributed by atoms with E-state index in [2.05, 4.69) is 4.74 Å². The van der Waals surface area contributed by atoms with Crippen LogP contribution < -0.4 is 0 Å². The SMILES string of the molecule is O=C1CC(O)C(=O)O1.O=CO. The molecule has 0 amide bonds. The fourth-order valence-electron chi connectivity index (χ4n) is 0.463. The van der Waals surface area contributed by atoms with E-state index in [1.54, 1.807) is 0 Å². The second-order valence-electron chi connectivity index (χ2n) is 1.62. The molecule has 1 aliphatic heterocycles. The normalized spacial score (nSPS) is 21.7. The molecule has 6 nitrogen and oxygen atoms in total. The van der Waals surface area contributed by atoms with E-state index in [9.17, 15) is 9.59 Å². The summed E-state index contributed by atoms with van der Waals surface area (Å²) in [6.45, 7) is -0.250. The van der Waals surface area contributed by atoms with Gasteiger partial charge in [-0.15, -0.1) is 0 Å². The summed E-state index contributed by atoms with van der Waals surface area (Å²) in [5.74, 6) is -1.49. The molecule has 0 aromatic heterocycles. The predicted molar refractivity (Wildman–Crippen MR) is 30.4 cm³/mol. The van der Waals surface area contributed by atoms with E-state index in [1.165, 1.54) is 0 Å². The lowest BCUT2D eigenvalue weighted by atomic mass is 10.3. The van der Waals surface area contributed by atoms with Crippen molar-refractivity contribution in [1.29, 1.82) is 0 Å². The Labute approximate surface area is 61.4 Å². The molecule has 1 fully saturated rings. The van der Waals surface area contributed by atoms with E-state index >= 15 is 0 Å². The van der Waals surface area contributed by atoms with Crippen LogP contribution in [0.25, 0.3) is 0 Å². The highest BCUT2D eigenvalue weighted by Crippen LogP contribution is 2.05. The smallest absolute Gasteiger partial charge is 0.343 e. The van der Waals surface area contributed by atoms with E-state index in [1.807, 2.05) is 0 Å². The van der Waals surface area contributed by atoms with Gasteiger partial charge in [-0.3, -0.25) is 9.59 Å². The van der Waals surface area contributed by atoms with E-state index < -0.39 is 18.0 Å². The topological polar surface area (TPSA) is 101 Å². The molecular weight excluding hydrogens is 156 g/mol. The van der Waals surface area contributed by atoms with Crippen LogP contribution in [0.4, 0.5) is 0 Å². The lowest BCUT2D eigenvalue weighted by Gasteiger charge is -1.86. The van der Waals surface area contributed by atoms with Gasteiger partial charge in [-0.25, -0.2) is 4.79 Å². The molecule has 1 rings (SSSR count). The highest BCUT2D eigenvalue weighted by atomic mass is 16.6. The third-order valence-electron chi connectivity index (χ3n) is 0.847. The average Bonchev–Trinajstić information content (AvgIpc) is 2.12. The van der Waals surface area contributed by atoms with Crippen LogP contribution in [0.15, 0.2) is 0 Å². The molecule has 0 aromatic carbocycles. The second kappa shape index (κ2) is 4.40. The van der Waals surface area contributed by atoms with Crippen LogP contribution >= 0.6 is 0 Å². The molecule has 1 unspecified atom stereocenters. The lowest BCUT2D eigenvalue weighted by molar-refractivity contribution is -0.154. The Morgan fingerprint density at radius 1 is 1.55 bits per heavy atom. The predicted octanol–water partition coefficient (Wildman–Crippen LogP) is -1.48. The van der Waals surface area contributed by atoms with E-state index in [-0.39, 0.29) is 12.9 Å². The van der Waals surface area contributed by atoms with Crippen molar-refractivity contribution in [3.05, 3.63) is 0 Å². The van der Waals surface area contributed by atoms with Crippen LogP contribution in [0, 0.1) is 0 Å². The minimum absolute atomic E-state index is 0.196. The van der Waals surface area contributed by atoms with E-state index in [4.69, 9.17) is 15.0 Å². The molecular formula is C5H6O6. The number of aliphatic hydroxyl groups is 1. The molecule has 1 saturated heterocycles. The Balaban J connectivity index is 0.000000292. The molecule has 2 N–H and O–H groups in total. The molecule has 0 bridgehead atoms. The highest BCUT2D eigenvalue weighted by molar-refractivity contribution is 5.95. The van der Waals surface area contributed by atoms with E-state index in [0.29, 0.717) is 0 Å². The van der Waals surface area contributed by atoms with Gasteiger partial charge in [0.1, 0.15) is 0 Å². The Morgan fingerprint density at radius 3 is 2.09 bits per heavy atom. The van der Waals surface area contributed by atoms with Crippen LogP contribution in [0.2, 0.25) is 0 Å². The van der Waals surface area contributed by atoms with Crippen molar-refractivity contribution in [3.8, 4) is 0 Å². The van der Waals surface area contributed by atoms with Gasteiger partial charge in [0.05, 0.1) is 6.42 Å². The summed E-state index contributed by atoms with van der Waals surface area (Å²) in [6.07, 6.45) is -1.42. The maximum absolute atomic E-state index is 10.1. The highest BCUT2D eigenvalue weighted by Gasteiger charge is 2.30. The second-order valence-corrected chi connectivity index (χ2v) is 1.62. The van der Waals surface area contributed by atoms with E-state index in [0.717, 1.165) is 0 Å². The van der Waals surface area contributed by atoms with Crippen LogP contribution in [0.5, 0.6) is 0 Å². The van der Waals surface area contributed by atoms with Gasteiger partial charge < -0.3 is 14.9 Å². The summed E-state index contributed by atoms with van der Waals surface area (Å²) in [5, 5.41) is 15.4. The minimum Gasteiger partial charge on any atom is -0.483 e. The van der Waals surface area contributed by atoms with Crippen molar-refractivity contribution in [3.63, 3.8) is 0 Å². The minimum atomic E-state index is -1.22. The number of carbonyl (C=O) groups excluding carboxylic acids is 2. The number of hydrogen-bond donors (Lipinski definition) is 2. The summed E-state index contributed by atoms with van der Waals surface area (Å²) in [4.78, 5) is 28.5. The van der Waals surface area contributed by atoms with Crippen molar-refractivity contribution in [1.82, 2.24) is 0 Å². The maximum Gasteiger partial charge on any atom is 0.343 e. The first-order chi connectivity index (χ1) is 5.11. The summed E-state index contributed by atoms with van der Waals surface area (Å²) in [7, 11) is 0. The first kappa shape index (κ1) is 9.57. The van der Waals surface area contributed by atoms with Gasteiger partial charge in [0, 0.05) is 0 Å². The average molecular weight is 162 g/mol. The van der Waals surface area contributed by atoms with Crippen molar-refractivity contribution in [2.75, 3.05) is 0 Å². The molecule has 1 atom stereocenters. The zero-order valence-electron chi connectivity index (χ0n) is 5.39. The number of carboxylic acid groups (broad SMARTS) is 1. The van der Waals surface area contributed by atoms with Gasteiger partial charge in [-0.2, -0.15) is 0 Å². The Morgan fingerprint density at radius 2 is 2.00 bits per heavy atom. The number of carbonyl (C=O) groups is 3. The van der Waals surface area contributed by atoms with Crippen LogP contribution in [-0.4, -0.2) is 34.7 Å². The molecule has 11 heavy (non-hydrogen) atoms. The zero-order chi connectivity index (χ0) is 8.85. The first-order valence-corrected chi connectivity index (χ1v) is 2.62. The fourth-order valence-corrected chi connectivity index (χ4v) is 0.463. The molecule has 0 saturated carbocycles. The van der Waals surface area contributed by atoms with Gasteiger partial charge in [-0.1, -0.05) is 0 Å². The number of esters is 2. The Hall–Kier alpha value is -1.43. The number of aliphatic hydroxyl groups excluding tert-OH is 1. The molecule has 0 aromatic rings. The molecule has 6 heteroatoms. The summed E-state index contributed by atoms with van der Waals surface area (Å²) in [5.41, 5.74) is 0. The van der Waals surface area contributed by atoms with Crippen molar-refractivity contribution in [2.45, 2.75) is 12.5 Å². The summed E-state index contributed by atoms with van der Waals surface area (Å²) < 4.78 is 3.95. The van der Waals surface area contributed by atoms with Crippen molar-refractivity contribution in [2.24, 2.45) is 0 Å². The molecule has 0 radical (unpaired) electrons. The van der Waals surface area contributed by atoms with Crippen molar-refractivity contribution < 1.29 is 29.3 Å². The van der Waals surface area contributed by atoms with Crippen LogP contribution in [0.3, 0.4) is 0 Å². The summed E-state index contributed by atoms with van der Waals surface area (Å²) in [6, 6.07) is 0. The van der Waals surface area contributed by atoms with Crippen molar-refractivity contribution >= 4 is 18.4 Å². The Bertz CT molecular complexity index is 174. The van der Waals surface area contributed by atoms with Gasteiger partial charge in [0.15, 0.2) is 6.10 Å². The third-order valence-corrected chi connectivity index (χ3v) is 0.847. The molecule has 62 valence electrons. The van der Waals surface area contributed by atoms with Crippen LogP contribution in [0.1, 0.15) is 6.42 Å². The first-order valence-electron chi connectivity index (χ1n) is 2.62. The molecule has 1 aliphatic rings. The molecule has 1 heterocycles. The number of rotatable bonds is 0. The number of ether oxygens (including phenoxy) is 1. The van der Waals surface area contributed by atoms with Gasteiger partial charge >= 0.3 is 11.9 Å². The largest absolute Gasteiger partial charge is 0.483 e. The monoisotopic (exact) mass is 162 g/mol. The van der Waals surface area contributed by atoms with Gasteiger partial charge in [0.25, 0.3) is 6.47 Å². The van der Waals surface area contributed by atoms with Gasteiger partial charge in [0.2, 0.25) is 0 Å². The molecule has 0 aliphatic carbocycles. The number of hydrogen-bond acceptors (Lipinski definition) is 5. The zero-order valence-corrected chi connectivity index (χ0v) is 5.39. The Kier molecular flexibility index (Phi) is 3.82. The molecule has 0 spiro atoms. The fraction of sp³-hybridized carbons (Fsp3) is 0.400. The lowest BCUT2D eigenvalue weighted by Crippen LogP contribution is -2.11. The number of cyclic esters (lactones) is 2. The van der Waals surface area contributed by atoms with Crippen LogP contribution in [-0.2, 0) is 19.1 Å².